The van der Waals surface area contributed by atoms with Crippen molar-refractivity contribution in [2.45, 2.75) is 26.4 Å². The molecular weight excluding hydrogens is 348 g/mol. The van der Waals surface area contributed by atoms with Crippen LogP contribution in [0.1, 0.15) is 22.3 Å². The molecule has 0 atom stereocenters. The SMILES string of the molecule is COc1ccc(CNCCc2c[nH]c3ccc(C)cc23)cc1Cn1cccn1. The van der Waals surface area contributed by atoms with Crippen molar-refractivity contribution in [3.63, 3.8) is 0 Å². The number of hydrogen-bond donors (Lipinski definition) is 2. The molecule has 0 aliphatic carbocycles. The van der Waals surface area contributed by atoms with Crippen LogP contribution in [0.3, 0.4) is 0 Å². The first-order valence-corrected chi connectivity index (χ1v) is 9.63. The Kier molecular flexibility index (Phi) is 5.44. The number of H-pyrrole nitrogens is 1. The second kappa shape index (κ2) is 8.31. The molecule has 5 heteroatoms. The molecule has 0 aliphatic heterocycles. The summed E-state index contributed by atoms with van der Waals surface area (Å²) >= 11 is 0. The van der Waals surface area contributed by atoms with Gasteiger partial charge in [0.15, 0.2) is 0 Å². The maximum absolute atomic E-state index is 5.51. The van der Waals surface area contributed by atoms with Crippen molar-refractivity contribution >= 4 is 10.9 Å². The number of nitrogens with one attached hydrogen (secondary N) is 2. The summed E-state index contributed by atoms with van der Waals surface area (Å²) in [6, 6.07) is 14.8. The first kappa shape index (κ1) is 18.3. The van der Waals surface area contributed by atoms with Crippen molar-refractivity contribution in [1.29, 1.82) is 0 Å². The van der Waals surface area contributed by atoms with Gasteiger partial charge in [-0.1, -0.05) is 17.7 Å². The van der Waals surface area contributed by atoms with Gasteiger partial charge in [-0.2, -0.15) is 5.10 Å². The summed E-state index contributed by atoms with van der Waals surface area (Å²) in [5.74, 6) is 0.897. The molecule has 0 aliphatic rings. The van der Waals surface area contributed by atoms with Crippen molar-refractivity contribution in [1.82, 2.24) is 20.1 Å². The van der Waals surface area contributed by atoms with Gasteiger partial charge in [0, 0.05) is 41.6 Å². The quantitative estimate of drug-likeness (QED) is 0.457. The normalized spacial score (nSPS) is 11.2. The Bertz CT molecular complexity index is 1050. The zero-order chi connectivity index (χ0) is 19.3. The highest BCUT2D eigenvalue weighted by molar-refractivity contribution is 5.83. The van der Waals surface area contributed by atoms with Crippen LogP contribution in [-0.2, 0) is 19.5 Å². The number of ether oxygens (including phenoxy) is 1. The Balaban J connectivity index is 1.37. The van der Waals surface area contributed by atoms with Crippen molar-refractivity contribution < 1.29 is 4.74 Å². The average Bonchev–Trinajstić information content (AvgIpc) is 3.35. The number of hydrogen-bond acceptors (Lipinski definition) is 3. The number of aryl methyl sites for hydroxylation is 1. The minimum Gasteiger partial charge on any atom is -0.496 e. The van der Waals surface area contributed by atoms with Crippen LogP contribution in [0.5, 0.6) is 5.75 Å². The highest BCUT2D eigenvalue weighted by atomic mass is 16.5. The summed E-state index contributed by atoms with van der Waals surface area (Å²) in [5.41, 5.74) is 6.25. The summed E-state index contributed by atoms with van der Waals surface area (Å²) < 4.78 is 7.42. The van der Waals surface area contributed by atoms with Crippen LogP contribution in [0.15, 0.2) is 61.1 Å². The number of nitrogens with zero attached hydrogens (tertiary/aromatic N) is 2. The molecule has 2 N–H and O–H groups in total. The molecule has 0 spiro atoms. The van der Waals surface area contributed by atoms with Crippen LogP contribution in [0.25, 0.3) is 10.9 Å². The zero-order valence-corrected chi connectivity index (χ0v) is 16.4. The number of benzene rings is 2. The van der Waals surface area contributed by atoms with E-state index in [-0.39, 0.29) is 0 Å². The lowest BCUT2D eigenvalue weighted by Gasteiger charge is -2.12. The maximum Gasteiger partial charge on any atom is 0.123 e. The Labute approximate surface area is 165 Å². The fraction of sp³-hybridized carbons (Fsp3) is 0.261. The molecule has 4 rings (SSSR count). The summed E-state index contributed by atoms with van der Waals surface area (Å²) in [7, 11) is 1.71. The van der Waals surface area contributed by atoms with E-state index >= 15 is 0 Å². The Morgan fingerprint density at radius 3 is 2.89 bits per heavy atom. The lowest BCUT2D eigenvalue weighted by Crippen LogP contribution is -2.17. The van der Waals surface area contributed by atoms with E-state index < -0.39 is 0 Å². The smallest absolute Gasteiger partial charge is 0.123 e. The second-order valence-corrected chi connectivity index (χ2v) is 7.14. The summed E-state index contributed by atoms with van der Waals surface area (Å²) in [5, 5.41) is 9.19. The monoisotopic (exact) mass is 374 g/mol. The molecule has 0 saturated heterocycles. The van der Waals surface area contributed by atoms with E-state index in [4.69, 9.17) is 4.74 Å². The topological polar surface area (TPSA) is 54.9 Å². The summed E-state index contributed by atoms with van der Waals surface area (Å²) in [4.78, 5) is 3.37. The first-order chi connectivity index (χ1) is 13.7. The molecule has 0 saturated carbocycles. The molecule has 2 heterocycles. The van der Waals surface area contributed by atoms with E-state index in [0.717, 1.165) is 30.8 Å². The molecule has 0 bridgehead atoms. The van der Waals surface area contributed by atoms with Gasteiger partial charge in [-0.25, -0.2) is 0 Å². The minimum absolute atomic E-state index is 0.707. The van der Waals surface area contributed by atoms with Crippen LogP contribution >= 0.6 is 0 Å². The van der Waals surface area contributed by atoms with Crippen molar-refractivity contribution in [3.05, 3.63) is 83.3 Å². The number of rotatable bonds is 8. The molecular formula is C23H26N4O. The van der Waals surface area contributed by atoms with Crippen LogP contribution in [-0.4, -0.2) is 28.4 Å². The molecule has 5 nitrogen and oxygen atoms in total. The van der Waals surface area contributed by atoms with Gasteiger partial charge in [0.25, 0.3) is 0 Å². The van der Waals surface area contributed by atoms with Gasteiger partial charge in [0.2, 0.25) is 0 Å². The van der Waals surface area contributed by atoms with Gasteiger partial charge >= 0.3 is 0 Å². The van der Waals surface area contributed by atoms with Crippen molar-refractivity contribution in [3.8, 4) is 5.75 Å². The molecule has 0 radical (unpaired) electrons. The number of aromatic nitrogens is 3. The van der Waals surface area contributed by atoms with Crippen LogP contribution in [0.4, 0.5) is 0 Å². The molecule has 4 aromatic rings. The molecule has 2 aromatic heterocycles. The third-order valence-electron chi connectivity index (χ3n) is 5.06. The van der Waals surface area contributed by atoms with E-state index in [0.29, 0.717) is 6.54 Å². The van der Waals surface area contributed by atoms with Gasteiger partial charge in [-0.15, -0.1) is 0 Å². The van der Waals surface area contributed by atoms with Gasteiger partial charge < -0.3 is 15.0 Å². The van der Waals surface area contributed by atoms with Crippen LogP contribution in [0.2, 0.25) is 0 Å². The lowest BCUT2D eigenvalue weighted by molar-refractivity contribution is 0.407. The molecule has 28 heavy (non-hydrogen) atoms. The van der Waals surface area contributed by atoms with Crippen molar-refractivity contribution in [2.24, 2.45) is 0 Å². The van der Waals surface area contributed by atoms with E-state index in [9.17, 15) is 0 Å². The van der Waals surface area contributed by atoms with Gasteiger partial charge in [0.05, 0.1) is 13.7 Å². The van der Waals surface area contributed by atoms with Crippen molar-refractivity contribution in [2.75, 3.05) is 13.7 Å². The second-order valence-electron chi connectivity index (χ2n) is 7.14. The predicted molar refractivity (Wildman–Crippen MR) is 113 cm³/mol. The number of fused-ring (bicyclic) bond motifs is 1. The third kappa shape index (κ3) is 4.10. The first-order valence-electron chi connectivity index (χ1n) is 9.63. The lowest BCUT2D eigenvalue weighted by atomic mass is 10.1. The summed E-state index contributed by atoms with van der Waals surface area (Å²) in [6.45, 7) is 4.61. The molecule has 0 fully saturated rings. The summed E-state index contributed by atoms with van der Waals surface area (Å²) in [6.07, 6.45) is 6.89. The number of aromatic amines is 1. The third-order valence-corrected chi connectivity index (χ3v) is 5.06. The number of methoxy groups -OCH3 is 1. The fourth-order valence-electron chi connectivity index (χ4n) is 3.59. The predicted octanol–water partition coefficient (Wildman–Crippen LogP) is 4.06. The molecule has 0 amide bonds. The van der Waals surface area contributed by atoms with Gasteiger partial charge in [-0.05, 0) is 61.3 Å². The standard InChI is InChI=1S/C23H26N4O/c1-17-4-6-22-21(12-17)19(15-25-22)8-10-24-14-18-5-7-23(28-2)20(13-18)16-27-11-3-9-26-27/h3-7,9,11-13,15,24-25H,8,10,14,16H2,1-2H3. The van der Waals surface area contributed by atoms with E-state index in [1.54, 1.807) is 13.3 Å². The molecule has 144 valence electrons. The zero-order valence-electron chi connectivity index (χ0n) is 16.4. The Morgan fingerprint density at radius 1 is 1.14 bits per heavy atom. The highest BCUT2D eigenvalue weighted by Gasteiger charge is 2.07. The van der Waals surface area contributed by atoms with E-state index in [1.807, 2.05) is 23.0 Å². The Morgan fingerprint density at radius 2 is 2.07 bits per heavy atom. The van der Waals surface area contributed by atoms with Crippen LogP contribution in [0, 0.1) is 6.92 Å². The van der Waals surface area contributed by atoms with Gasteiger partial charge in [-0.3, -0.25) is 4.68 Å². The Hall–Kier alpha value is -3.05. The fourth-order valence-corrected chi connectivity index (χ4v) is 3.59. The van der Waals surface area contributed by atoms with E-state index in [1.165, 1.54) is 27.6 Å². The average molecular weight is 374 g/mol. The van der Waals surface area contributed by atoms with Crippen LogP contribution < -0.4 is 10.1 Å². The molecule has 2 aromatic carbocycles. The largest absolute Gasteiger partial charge is 0.496 e. The maximum atomic E-state index is 5.51. The van der Waals surface area contributed by atoms with Gasteiger partial charge in [0.1, 0.15) is 5.75 Å². The van der Waals surface area contributed by atoms with E-state index in [2.05, 4.69) is 58.9 Å². The minimum atomic E-state index is 0.707. The highest BCUT2D eigenvalue weighted by Crippen LogP contribution is 2.22. The molecule has 0 unspecified atom stereocenters.